The van der Waals surface area contributed by atoms with E-state index in [4.69, 9.17) is 11.6 Å². The van der Waals surface area contributed by atoms with Crippen molar-refractivity contribution in [2.45, 2.75) is 6.42 Å². The van der Waals surface area contributed by atoms with Gasteiger partial charge in [0, 0.05) is 11.8 Å². The molecule has 2 rings (SSSR count). The van der Waals surface area contributed by atoms with Gasteiger partial charge in [0.25, 0.3) is 0 Å². The van der Waals surface area contributed by atoms with Crippen LogP contribution in [0.25, 0.3) is 0 Å². The van der Waals surface area contributed by atoms with Crippen LogP contribution in [-0.2, 0) is 11.2 Å². The predicted molar refractivity (Wildman–Crippen MR) is 67.9 cm³/mol. The molecule has 3 nitrogen and oxygen atoms in total. The second-order valence-corrected chi connectivity index (χ2v) is 4.14. The summed E-state index contributed by atoms with van der Waals surface area (Å²) in [5.74, 6) is -2.50. The number of hydrogen-bond acceptors (Lipinski definition) is 2. The predicted octanol–water partition coefficient (Wildman–Crippen LogP) is 3.19. The zero-order valence-electron chi connectivity index (χ0n) is 9.66. The van der Waals surface area contributed by atoms with Gasteiger partial charge in [0.2, 0.25) is 5.91 Å². The van der Waals surface area contributed by atoms with Gasteiger partial charge in [0.05, 0.1) is 12.1 Å². The summed E-state index contributed by atoms with van der Waals surface area (Å²) in [6.07, 6.45) is 1.19. The minimum absolute atomic E-state index is 0.0162. The van der Waals surface area contributed by atoms with Gasteiger partial charge in [-0.05, 0) is 18.2 Å². The number of nitrogens with zero attached hydrogens (tertiary/aromatic N) is 1. The first-order valence-corrected chi connectivity index (χ1v) is 5.79. The summed E-state index contributed by atoms with van der Waals surface area (Å²) in [4.78, 5) is 15.5. The normalized spacial score (nSPS) is 10.3. The van der Waals surface area contributed by atoms with Crippen molar-refractivity contribution >= 4 is 23.2 Å². The SMILES string of the molecule is O=C(Cc1cccc(F)c1F)Nc1cccnc1Cl. The third kappa shape index (κ3) is 3.26. The highest BCUT2D eigenvalue weighted by atomic mass is 35.5. The number of nitrogens with one attached hydrogen (secondary N) is 1. The Labute approximate surface area is 113 Å². The molecule has 0 radical (unpaired) electrons. The molecular weight excluding hydrogens is 274 g/mol. The van der Waals surface area contributed by atoms with Crippen molar-refractivity contribution in [2.75, 3.05) is 5.32 Å². The number of carbonyl (C=O) groups is 1. The first-order valence-electron chi connectivity index (χ1n) is 5.41. The standard InChI is InChI=1S/C13H9ClF2N2O/c14-13-10(5-2-6-17-13)18-11(19)7-8-3-1-4-9(15)12(8)16/h1-6H,7H2,(H,18,19). The third-order valence-corrected chi connectivity index (χ3v) is 2.72. The number of carbonyl (C=O) groups excluding carboxylic acids is 1. The van der Waals surface area contributed by atoms with Crippen LogP contribution in [0.5, 0.6) is 0 Å². The molecule has 0 atom stereocenters. The highest BCUT2D eigenvalue weighted by Crippen LogP contribution is 2.18. The Morgan fingerprint density at radius 2 is 2.05 bits per heavy atom. The lowest BCUT2D eigenvalue weighted by Gasteiger charge is -2.07. The number of hydrogen-bond donors (Lipinski definition) is 1. The van der Waals surface area contributed by atoms with Gasteiger partial charge in [0.1, 0.15) is 0 Å². The molecule has 98 valence electrons. The van der Waals surface area contributed by atoms with Crippen LogP contribution in [0.3, 0.4) is 0 Å². The quantitative estimate of drug-likeness (QED) is 0.879. The van der Waals surface area contributed by atoms with Crippen LogP contribution in [0.1, 0.15) is 5.56 Å². The number of rotatable bonds is 3. The molecule has 6 heteroatoms. The highest BCUT2D eigenvalue weighted by Gasteiger charge is 2.12. The molecule has 0 spiro atoms. The summed E-state index contributed by atoms with van der Waals surface area (Å²) in [6.45, 7) is 0. The third-order valence-electron chi connectivity index (χ3n) is 2.42. The first kappa shape index (κ1) is 13.4. The molecule has 1 aromatic heterocycles. The van der Waals surface area contributed by atoms with Crippen LogP contribution >= 0.6 is 11.6 Å². The average Bonchev–Trinajstić information content (AvgIpc) is 2.38. The summed E-state index contributed by atoms with van der Waals surface area (Å²) >= 11 is 5.77. The molecule has 0 saturated heterocycles. The van der Waals surface area contributed by atoms with E-state index in [9.17, 15) is 13.6 Å². The van der Waals surface area contributed by atoms with Gasteiger partial charge in [0.15, 0.2) is 16.8 Å². The van der Waals surface area contributed by atoms with Crippen LogP contribution in [0, 0.1) is 11.6 Å². The average molecular weight is 283 g/mol. The smallest absolute Gasteiger partial charge is 0.228 e. The van der Waals surface area contributed by atoms with Gasteiger partial charge in [-0.2, -0.15) is 0 Å². The van der Waals surface area contributed by atoms with Gasteiger partial charge in [-0.1, -0.05) is 23.7 Å². The first-order chi connectivity index (χ1) is 9.08. The van der Waals surface area contributed by atoms with E-state index in [2.05, 4.69) is 10.3 Å². The molecule has 1 amide bonds. The van der Waals surface area contributed by atoms with Crippen molar-refractivity contribution in [3.8, 4) is 0 Å². The van der Waals surface area contributed by atoms with Crippen molar-refractivity contribution in [1.29, 1.82) is 0 Å². The maximum Gasteiger partial charge on any atom is 0.228 e. The van der Waals surface area contributed by atoms with E-state index in [0.717, 1.165) is 6.07 Å². The summed E-state index contributed by atoms with van der Waals surface area (Å²) < 4.78 is 26.4. The van der Waals surface area contributed by atoms with Gasteiger partial charge in [-0.3, -0.25) is 4.79 Å². The fourth-order valence-electron chi connectivity index (χ4n) is 1.53. The minimum Gasteiger partial charge on any atom is -0.323 e. The van der Waals surface area contributed by atoms with E-state index in [1.807, 2.05) is 0 Å². The highest BCUT2D eigenvalue weighted by molar-refractivity contribution is 6.32. The van der Waals surface area contributed by atoms with Gasteiger partial charge in [-0.15, -0.1) is 0 Å². The molecule has 1 aromatic carbocycles. The monoisotopic (exact) mass is 282 g/mol. The lowest BCUT2D eigenvalue weighted by atomic mass is 10.1. The van der Waals surface area contributed by atoms with E-state index in [-0.39, 0.29) is 17.1 Å². The van der Waals surface area contributed by atoms with Crippen LogP contribution in [0.2, 0.25) is 5.15 Å². The number of pyridine rings is 1. The zero-order valence-corrected chi connectivity index (χ0v) is 10.4. The maximum atomic E-state index is 13.4. The van der Waals surface area contributed by atoms with Gasteiger partial charge < -0.3 is 5.32 Å². The van der Waals surface area contributed by atoms with E-state index >= 15 is 0 Å². The van der Waals surface area contributed by atoms with E-state index < -0.39 is 17.5 Å². The fraction of sp³-hybridized carbons (Fsp3) is 0.0769. The van der Waals surface area contributed by atoms with E-state index in [0.29, 0.717) is 5.69 Å². The largest absolute Gasteiger partial charge is 0.323 e. The molecule has 0 aliphatic carbocycles. The Kier molecular flexibility index (Phi) is 4.06. The Morgan fingerprint density at radius 1 is 1.26 bits per heavy atom. The van der Waals surface area contributed by atoms with Crippen LogP contribution in [0.4, 0.5) is 14.5 Å². The molecule has 0 unspecified atom stereocenters. The van der Waals surface area contributed by atoms with Crippen molar-refractivity contribution < 1.29 is 13.6 Å². The maximum absolute atomic E-state index is 13.4. The molecule has 0 aliphatic rings. The fourth-order valence-corrected chi connectivity index (χ4v) is 1.70. The van der Waals surface area contributed by atoms with Crippen molar-refractivity contribution in [2.24, 2.45) is 0 Å². The summed E-state index contributed by atoms with van der Waals surface area (Å²) in [5.41, 5.74) is 0.309. The molecule has 0 aliphatic heterocycles. The van der Waals surface area contributed by atoms with Gasteiger partial charge >= 0.3 is 0 Å². The van der Waals surface area contributed by atoms with Crippen LogP contribution in [-0.4, -0.2) is 10.9 Å². The number of aromatic nitrogens is 1. The summed E-state index contributed by atoms with van der Waals surface area (Å²) in [7, 11) is 0. The Bertz CT molecular complexity index is 619. The number of amides is 1. The Balaban J connectivity index is 2.10. The second kappa shape index (κ2) is 5.75. The molecule has 19 heavy (non-hydrogen) atoms. The lowest BCUT2D eigenvalue weighted by molar-refractivity contribution is -0.115. The topological polar surface area (TPSA) is 42.0 Å². The van der Waals surface area contributed by atoms with Crippen LogP contribution in [0.15, 0.2) is 36.5 Å². The van der Waals surface area contributed by atoms with E-state index in [1.54, 1.807) is 12.1 Å². The van der Waals surface area contributed by atoms with Crippen LogP contribution < -0.4 is 5.32 Å². The zero-order chi connectivity index (χ0) is 13.8. The number of benzene rings is 1. The molecular formula is C13H9ClF2N2O. The minimum atomic E-state index is -1.02. The van der Waals surface area contributed by atoms with E-state index in [1.165, 1.54) is 18.3 Å². The molecule has 0 saturated carbocycles. The van der Waals surface area contributed by atoms with Crippen molar-refractivity contribution in [3.05, 3.63) is 58.9 Å². The Morgan fingerprint density at radius 3 is 2.79 bits per heavy atom. The lowest BCUT2D eigenvalue weighted by Crippen LogP contribution is -2.16. The molecule has 1 heterocycles. The van der Waals surface area contributed by atoms with Crippen molar-refractivity contribution in [3.63, 3.8) is 0 Å². The second-order valence-electron chi connectivity index (χ2n) is 3.78. The van der Waals surface area contributed by atoms with Gasteiger partial charge in [-0.25, -0.2) is 13.8 Å². The molecule has 0 fully saturated rings. The Hall–Kier alpha value is -2.01. The molecule has 2 aromatic rings. The summed E-state index contributed by atoms with van der Waals surface area (Å²) in [6, 6.07) is 6.86. The molecule has 1 N–H and O–H groups in total. The summed E-state index contributed by atoms with van der Waals surface area (Å²) in [5, 5.41) is 2.62. The number of anilines is 1. The number of halogens is 3. The van der Waals surface area contributed by atoms with Crippen molar-refractivity contribution in [1.82, 2.24) is 4.98 Å². The molecule has 0 bridgehead atoms.